The Bertz CT molecular complexity index is 312. The van der Waals surface area contributed by atoms with Crippen LogP contribution in [0.3, 0.4) is 0 Å². The number of benzene rings is 1. The Morgan fingerprint density at radius 1 is 1.40 bits per heavy atom. The van der Waals surface area contributed by atoms with Gasteiger partial charge in [-0.3, -0.25) is 5.32 Å². The fraction of sp³-hybridized carbons (Fsp3) is 0.538. The molecule has 0 spiro atoms. The van der Waals surface area contributed by atoms with Gasteiger partial charge in [-0.2, -0.15) is 0 Å². The van der Waals surface area contributed by atoms with Crippen LogP contribution in [0.25, 0.3) is 0 Å². The maximum Gasteiger partial charge on any atom is 0.0622 e. The molecule has 0 amide bonds. The van der Waals surface area contributed by atoms with Gasteiger partial charge >= 0.3 is 0 Å². The van der Waals surface area contributed by atoms with Crippen LogP contribution >= 0.6 is 11.8 Å². The summed E-state index contributed by atoms with van der Waals surface area (Å²) in [5.41, 5.74) is 1.45. The Hall–Kier alpha value is -0.470. The zero-order valence-corrected chi connectivity index (χ0v) is 10.3. The molecule has 1 N–H and O–H groups in total. The molecular formula is C13H19NS. The molecule has 2 heteroatoms. The molecule has 0 aromatic heterocycles. The number of hydrogen-bond donors (Lipinski definition) is 1. The number of hydrogen-bond acceptors (Lipinski definition) is 2. The molecule has 1 aliphatic heterocycles. The van der Waals surface area contributed by atoms with Crippen LogP contribution in [0.2, 0.25) is 0 Å². The molecule has 1 aliphatic rings. The van der Waals surface area contributed by atoms with E-state index in [-0.39, 0.29) is 4.87 Å². The summed E-state index contributed by atoms with van der Waals surface area (Å²) < 4.78 is 0. The largest absolute Gasteiger partial charge is 0.300 e. The van der Waals surface area contributed by atoms with Crippen molar-refractivity contribution in [2.75, 3.05) is 5.75 Å². The van der Waals surface area contributed by atoms with Crippen LogP contribution in [0.15, 0.2) is 30.3 Å². The second-order valence-corrected chi connectivity index (χ2v) is 6.10. The fourth-order valence-electron chi connectivity index (χ4n) is 2.09. The summed E-state index contributed by atoms with van der Waals surface area (Å²) >= 11 is 2.06. The van der Waals surface area contributed by atoms with Crippen LogP contribution in [-0.4, -0.2) is 16.7 Å². The van der Waals surface area contributed by atoms with Gasteiger partial charge in [-0.1, -0.05) is 30.3 Å². The van der Waals surface area contributed by atoms with Crippen LogP contribution < -0.4 is 5.32 Å². The molecule has 1 saturated heterocycles. The summed E-state index contributed by atoms with van der Waals surface area (Å²) in [7, 11) is 0. The number of nitrogens with one attached hydrogen (secondary N) is 1. The minimum atomic E-state index is 0.287. The predicted molar refractivity (Wildman–Crippen MR) is 68.2 cm³/mol. The van der Waals surface area contributed by atoms with Gasteiger partial charge in [0.25, 0.3) is 0 Å². The molecule has 1 nitrogen and oxygen atoms in total. The van der Waals surface area contributed by atoms with Gasteiger partial charge in [-0.15, -0.1) is 11.8 Å². The monoisotopic (exact) mass is 221 g/mol. The Kier molecular flexibility index (Phi) is 3.37. The third-order valence-electron chi connectivity index (χ3n) is 2.94. The highest BCUT2D eigenvalue weighted by atomic mass is 32.2. The van der Waals surface area contributed by atoms with E-state index in [1.54, 1.807) is 0 Å². The third kappa shape index (κ3) is 2.99. The SMILES string of the molecule is CC1CSC(C)(CCc2ccccc2)N1. The van der Waals surface area contributed by atoms with Crippen molar-refractivity contribution in [1.82, 2.24) is 5.32 Å². The molecular weight excluding hydrogens is 202 g/mol. The van der Waals surface area contributed by atoms with E-state index in [0.29, 0.717) is 6.04 Å². The van der Waals surface area contributed by atoms with E-state index >= 15 is 0 Å². The first-order valence-corrected chi connectivity index (χ1v) is 6.62. The van der Waals surface area contributed by atoms with Gasteiger partial charge in [-0.05, 0) is 32.3 Å². The van der Waals surface area contributed by atoms with E-state index < -0.39 is 0 Å². The topological polar surface area (TPSA) is 12.0 Å². The predicted octanol–water partition coefficient (Wildman–Crippen LogP) is 3.06. The maximum absolute atomic E-state index is 3.66. The van der Waals surface area contributed by atoms with Crippen LogP contribution in [0.5, 0.6) is 0 Å². The Morgan fingerprint density at radius 3 is 2.73 bits per heavy atom. The van der Waals surface area contributed by atoms with Crippen LogP contribution in [0.1, 0.15) is 25.8 Å². The normalized spacial score (nSPS) is 30.7. The van der Waals surface area contributed by atoms with Crippen molar-refractivity contribution in [3.63, 3.8) is 0 Å². The summed E-state index contributed by atoms with van der Waals surface area (Å²) in [6.07, 6.45) is 2.38. The number of rotatable bonds is 3. The minimum Gasteiger partial charge on any atom is -0.300 e. The van der Waals surface area contributed by atoms with E-state index in [0.717, 1.165) is 0 Å². The molecule has 2 rings (SSSR count). The molecule has 1 fully saturated rings. The second kappa shape index (κ2) is 4.58. The number of thioether (sulfide) groups is 1. The van der Waals surface area contributed by atoms with Gasteiger partial charge in [0.2, 0.25) is 0 Å². The lowest BCUT2D eigenvalue weighted by Crippen LogP contribution is -2.38. The zero-order valence-electron chi connectivity index (χ0n) is 9.49. The van der Waals surface area contributed by atoms with Crippen molar-refractivity contribution in [3.05, 3.63) is 35.9 Å². The molecule has 1 aromatic rings. The maximum atomic E-state index is 3.66. The van der Waals surface area contributed by atoms with Crippen LogP contribution in [0, 0.1) is 0 Å². The molecule has 0 bridgehead atoms. The fourth-order valence-corrected chi connectivity index (χ4v) is 3.32. The van der Waals surface area contributed by atoms with Crippen molar-refractivity contribution in [2.45, 2.75) is 37.6 Å². The summed E-state index contributed by atoms with van der Waals surface area (Å²) in [5, 5.41) is 3.66. The van der Waals surface area contributed by atoms with Gasteiger partial charge in [0, 0.05) is 11.8 Å². The van der Waals surface area contributed by atoms with Gasteiger partial charge in [0.05, 0.1) is 4.87 Å². The smallest absolute Gasteiger partial charge is 0.0622 e. The van der Waals surface area contributed by atoms with E-state index in [9.17, 15) is 0 Å². The van der Waals surface area contributed by atoms with Gasteiger partial charge in [-0.25, -0.2) is 0 Å². The van der Waals surface area contributed by atoms with Crippen molar-refractivity contribution in [3.8, 4) is 0 Å². The Balaban J connectivity index is 1.88. The molecule has 2 atom stereocenters. The first-order valence-electron chi connectivity index (χ1n) is 5.63. The molecule has 1 aromatic carbocycles. The van der Waals surface area contributed by atoms with E-state index in [4.69, 9.17) is 0 Å². The minimum absolute atomic E-state index is 0.287. The second-order valence-electron chi connectivity index (χ2n) is 4.57. The molecule has 1 heterocycles. The number of aryl methyl sites for hydroxylation is 1. The quantitative estimate of drug-likeness (QED) is 0.842. The highest BCUT2D eigenvalue weighted by molar-refractivity contribution is 8.00. The molecule has 2 unspecified atom stereocenters. The molecule has 0 saturated carbocycles. The summed E-state index contributed by atoms with van der Waals surface area (Å²) in [6, 6.07) is 11.4. The van der Waals surface area contributed by atoms with Gasteiger partial charge < -0.3 is 0 Å². The average molecular weight is 221 g/mol. The highest BCUT2D eigenvalue weighted by Gasteiger charge is 2.32. The lowest BCUT2D eigenvalue weighted by atomic mass is 10.1. The lowest BCUT2D eigenvalue weighted by Gasteiger charge is -2.24. The van der Waals surface area contributed by atoms with E-state index in [1.807, 2.05) is 0 Å². The molecule has 0 aliphatic carbocycles. The van der Waals surface area contributed by atoms with Crippen molar-refractivity contribution >= 4 is 11.8 Å². The molecule has 0 radical (unpaired) electrons. The lowest BCUT2D eigenvalue weighted by molar-refractivity contribution is 0.457. The highest BCUT2D eigenvalue weighted by Crippen LogP contribution is 2.33. The average Bonchev–Trinajstić information content (AvgIpc) is 2.58. The summed E-state index contributed by atoms with van der Waals surface area (Å²) in [5.74, 6) is 1.24. The third-order valence-corrected chi connectivity index (χ3v) is 4.56. The zero-order chi connectivity index (χ0) is 10.7. The molecule has 15 heavy (non-hydrogen) atoms. The van der Waals surface area contributed by atoms with Crippen molar-refractivity contribution in [2.24, 2.45) is 0 Å². The van der Waals surface area contributed by atoms with Crippen LogP contribution in [-0.2, 0) is 6.42 Å². The van der Waals surface area contributed by atoms with Crippen molar-refractivity contribution in [1.29, 1.82) is 0 Å². The molecule has 82 valence electrons. The Morgan fingerprint density at radius 2 is 2.13 bits per heavy atom. The van der Waals surface area contributed by atoms with Crippen molar-refractivity contribution < 1.29 is 0 Å². The van der Waals surface area contributed by atoms with Gasteiger partial charge in [0.1, 0.15) is 0 Å². The summed E-state index contributed by atoms with van der Waals surface area (Å²) in [4.78, 5) is 0.287. The first kappa shape index (κ1) is 11.0. The standard InChI is InChI=1S/C13H19NS/c1-11-10-15-13(2,14-11)9-8-12-6-4-3-5-7-12/h3-7,11,14H,8-10H2,1-2H3. The Labute approximate surface area is 96.7 Å². The van der Waals surface area contributed by atoms with E-state index in [2.05, 4.69) is 61.3 Å². The van der Waals surface area contributed by atoms with Gasteiger partial charge in [0.15, 0.2) is 0 Å². The first-order chi connectivity index (χ1) is 7.18. The summed E-state index contributed by atoms with van der Waals surface area (Å²) in [6.45, 7) is 4.59. The van der Waals surface area contributed by atoms with Crippen LogP contribution in [0.4, 0.5) is 0 Å². The van der Waals surface area contributed by atoms with E-state index in [1.165, 1.54) is 24.2 Å².